The van der Waals surface area contributed by atoms with E-state index in [1.54, 1.807) is 13.8 Å². The zero-order valence-corrected chi connectivity index (χ0v) is 15.6. The lowest BCUT2D eigenvalue weighted by Crippen LogP contribution is -2.54. The molecule has 3 heterocycles. The molecule has 3 amide bonds. The summed E-state index contributed by atoms with van der Waals surface area (Å²) in [6, 6.07) is 5.95. The van der Waals surface area contributed by atoms with Crippen molar-refractivity contribution in [1.29, 1.82) is 0 Å². The molecular formula is C20H22N3O4-. The Hall–Kier alpha value is -2.83. The second kappa shape index (κ2) is 5.84. The first-order valence-electron chi connectivity index (χ1n) is 9.28. The van der Waals surface area contributed by atoms with Crippen LogP contribution >= 0.6 is 0 Å². The van der Waals surface area contributed by atoms with Gasteiger partial charge in [0.2, 0.25) is 0 Å². The van der Waals surface area contributed by atoms with Crippen molar-refractivity contribution >= 4 is 28.8 Å². The van der Waals surface area contributed by atoms with Crippen molar-refractivity contribution in [3.63, 3.8) is 0 Å². The van der Waals surface area contributed by atoms with Gasteiger partial charge in [-0.3, -0.25) is 9.69 Å². The minimum Gasteiger partial charge on any atom is -0.548 e. The van der Waals surface area contributed by atoms with Crippen LogP contribution in [0.4, 0.5) is 4.79 Å². The molecule has 2 aliphatic rings. The van der Waals surface area contributed by atoms with Crippen LogP contribution in [0.25, 0.3) is 10.9 Å². The fourth-order valence-electron chi connectivity index (χ4n) is 4.48. The van der Waals surface area contributed by atoms with E-state index >= 15 is 0 Å². The molecule has 1 saturated heterocycles. The van der Waals surface area contributed by atoms with Crippen molar-refractivity contribution in [3.8, 4) is 0 Å². The number of imide groups is 1. The van der Waals surface area contributed by atoms with Gasteiger partial charge in [0, 0.05) is 17.4 Å². The third kappa shape index (κ3) is 2.17. The summed E-state index contributed by atoms with van der Waals surface area (Å²) >= 11 is 0. The minimum absolute atomic E-state index is 0.368. The molecule has 0 aliphatic carbocycles. The van der Waals surface area contributed by atoms with Gasteiger partial charge in [-0.15, -0.1) is 0 Å². The van der Waals surface area contributed by atoms with Gasteiger partial charge in [-0.2, -0.15) is 0 Å². The molecular weight excluding hydrogens is 346 g/mol. The summed E-state index contributed by atoms with van der Waals surface area (Å²) in [4.78, 5) is 44.0. The van der Waals surface area contributed by atoms with Gasteiger partial charge in [-0.1, -0.05) is 38.5 Å². The Bertz CT molecular complexity index is 965. The summed E-state index contributed by atoms with van der Waals surface area (Å²) in [7, 11) is 0. The number of para-hydroxylation sites is 1. The van der Waals surface area contributed by atoms with E-state index in [1.165, 1.54) is 4.90 Å². The van der Waals surface area contributed by atoms with Crippen molar-refractivity contribution in [3.05, 3.63) is 35.5 Å². The quantitative estimate of drug-likeness (QED) is 0.824. The van der Waals surface area contributed by atoms with E-state index in [1.807, 2.05) is 31.2 Å². The molecule has 0 spiro atoms. The standard InChI is InChI=1S/C20H23N3O4/c1-4-11(2)15(17(24)25)23-18(26)20(3)16-13(9-10-22(20)19(23)27)12-7-5-6-8-14(12)21-16/h5-8,11,15,21H,4,9-10H2,1-3H3,(H,24,25)/p-1/t11-,15+,20+/m1/s1. The lowest BCUT2D eigenvalue weighted by Gasteiger charge is -2.36. The fourth-order valence-corrected chi connectivity index (χ4v) is 4.48. The maximum absolute atomic E-state index is 13.4. The number of amides is 3. The molecule has 27 heavy (non-hydrogen) atoms. The van der Waals surface area contributed by atoms with Crippen LogP contribution in [0.2, 0.25) is 0 Å². The Morgan fingerprint density at radius 1 is 1.33 bits per heavy atom. The summed E-state index contributed by atoms with van der Waals surface area (Å²) in [5.74, 6) is -2.30. The van der Waals surface area contributed by atoms with Gasteiger partial charge in [-0.05, 0) is 30.9 Å². The number of nitrogens with one attached hydrogen (secondary N) is 1. The molecule has 0 radical (unpaired) electrons. The topological polar surface area (TPSA) is 96.5 Å². The molecule has 0 unspecified atom stereocenters. The zero-order valence-electron chi connectivity index (χ0n) is 15.6. The molecule has 7 heteroatoms. The van der Waals surface area contributed by atoms with Crippen LogP contribution in [0, 0.1) is 5.92 Å². The summed E-state index contributed by atoms with van der Waals surface area (Å²) in [5, 5.41) is 12.8. The van der Waals surface area contributed by atoms with Crippen molar-refractivity contribution in [2.45, 2.75) is 45.2 Å². The molecule has 1 aromatic heterocycles. The smallest absolute Gasteiger partial charge is 0.328 e. The highest BCUT2D eigenvalue weighted by Crippen LogP contribution is 2.45. The van der Waals surface area contributed by atoms with Crippen LogP contribution < -0.4 is 5.11 Å². The number of carboxylic acids is 1. The second-order valence-corrected chi connectivity index (χ2v) is 7.61. The maximum Gasteiger partial charge on any atom is 0.328 e. The SMILES string of the molecule is CC[C@@H](C)[C@@H](C(=O)[O-])N1C(=O)N2CCc3c([nH]c4ccccc34)[C@@]2(C)C1=O. The van der Waals surface area contributed by atoms with Gasteiger partial charge < -0.3 is 19.8 Å². The number of H-pyrrole nitrogens is 1. The molecule has 2 aromatic rings. The van der Waals surface area contributed by atoms with Crippen LogP contribution in [0.1, 0.15) is 38.4 Å². The third-order valence-corrected chi connectivity index (χ3v) is 6.20. The summed E-state index contributed by atoms with van der Waals surface area (Å²) in [6.45, 7) is 5.61. The molecule has 142 valence electrons. The van der Waals surface area contributed by atoms with Crippen molar-refractivity contribution in [2.24, 2.45) is 5.92 Å². The number of aromatic amines is 1. The number of carbonyl (C=O) groups excluding carboxylic acids is 3. The van der Waals surface area contributed by atoms with E-state index in [9.17, 15) is 19.5 Å². The van der Waals surface area contributed by atoms with Gasteiger partial charge in [0.25, 0.3) is 5.91 Å². The van der Waals surface area contributed by atoms with Crippen LogP contribution in [0.5, 0.6) is 0 Å². The molecule has 3 atom stereocenters. The number of benzene rings is 1. The van der Waals surface area contributed by atoms with Gasteiger partial charge in [0.05, 0.1) is 17.7 Å². The normalized spacial score (nSPS) is 24.1. The Morgan fingerprint density at radius 3 is 2.70 bits per heavy atom. The number of aliphatic carboxylic acids is 1. The molecule has 2 aliphatic heterocycles. The highest BCUT2D eigenvalue weighted by atomic mass is 16.4. The van der Waals surface area contributed by atoms with E-state index in [0.717, 1.165) is 21.4 Å². The van der Waals surface area contributed by atoms with Crippen molar-refractivity contribution in [1.82, 2.24) is 14.8 Å². The Labute approximate surface area is 156 Å². The average Bonchev–Trinajstić information content (AvgIpc) is 3.12. The Balaban J connectivity index is 1.87. The van der Waals surface area contributed by atoms with Crippen LogP contribution in [-0.2, 0) is 21.5 Å². The van der Waals surface area contributed by atoms with E-state index in [0.29, 0.717) is 25.1 Å². The Kier molecular flexibility index (Phi) is 3.80. The second-order valence-electron chi connectivity index (χ2n) is 7.61. The molecule has 1 fully saturated rings. The first-order chi connectivity index (χ1) is 12.8. The monoisotopic (exact) mass is 368 g/mol. The lowest BCUT2D eigenvalue weighted by atomic mass is 9.86. The largest absolute Gasteiger partial charge is 0.548 e. The number of fused-ring (bicyclic) bond motifs is 5. The minimum atomic E-state index is -1.40. The lowest BCUT2D eigenvalue weighted by molar-refractivity contribution is -0.312. The predicted octanol–water partition coefficient (Wildman–Crippen LogP) is 1.37. The first kappa shape index (κ1) is 17.6. The highest BCUT2D eigenvalue weighted by Gasteiger charge is 2.60. The third-order valence-electron chi connectivity index (χ3n) is 6.20. The van der Waals surface area contributed by atoms with Gasteiger partial charge in [-0.25, -0.2) is 4.79 Å². The van der Waals surface area contributed by atoms with Gasteiger partial charge >= 0.3 is 6.03 Å². The molecule has 0 bridgehead atoms. The van der Waals surface area contributed by atoms with Crippen LogP contribution in [-0.4, -0.2) is 45.3 Å². The fraction of sp³-hybridized carbons (Fsp3) is 0.450. The number of rotatable bonds is 4. The first-order valence-corrected chi connectivity index (χ1v) is 9.28. The average molecular weight is 368 g/mol. The zero-order chi connectivity index (χ0) is 19.5. The summed E-state index contributed by atoms with van der Waals surface area (Å²) in [6.07, 6.45) is 1.13. The number of carboxylic acid groups (broad SMARTS) is 1. The van der Waals surface area contributed by atoms with Crippen LogP contribution in [0.3, 0.4) is 0 Å². The highest BCUT2D eigenvalue weighted by molar-refractivity contribution is 6.10. The Morgan fingerprint density at radius 2 is 2.04 bits per heavy atom. The number of hydrogen-bond acceptors (Lipinski definition) is 4. The molecule has 7 nitrogen and oxygen atoms in total. The van der Waals surface area contributed by atoms with Gasteiger partial charge in [0.15, 0.2) is 5.54 Å². The van der Waals surface area contributed by atoms with Crippen molar-refractivity contribution in [2.75, 3.05) is 6.54 Å². The van der Waals surface area contributed by atoms with E-state index in [-0.39, 0.29) is 0 Å². The number of carbonyl (C=O) groups is 3. The van der Waals surface area contributed by atoms with Crippen LogP contribution in [0.15, 0.2) is 24.3 Å². The molecule has 4 rings (SSSR count). The number of hydrogen-bond donors (Lipinski definition) is 1. The number of nitrogens with zero attached hydrogens (tertiary/aromatic N) is 2. The van der Waals surface area contributed by atoms with Gasteiger partial charge in [0.1, 0.15) is 0 Å². The van der Waals surface area contributed by atoms with E-state index in [2.05, 4.69) is 4.98 Å². The summed E-state index contributed by atoms with van der Waals surface area (Å²) in [5.41, 5.74) is 1.37. The maximum atomic E-state index is 13.4. The number of urea groups is 1. The summed E-state index contributed by atoms with van der Waals surface area (Å²) < 4.78 is 0. The molecule has 0 saturated carbocycles. The number of aromatic nitrogens is 1. The molecule has 1 N–H and O–H groups in total. The molecule has 1 aromatic carbocycles. The predicted molar refractivity (Wildman–Crippen MR) is 96.6 cm³/mol. The van der Waals surface area contributed by atoms with E-state index < -0.39 is 35.4 Å². The van der Waals surface area contributed by atoms with Crippen molar-refractivity contribution < 1.29 is 19.5 Å². The van der Waals surface area contributed by atoms with E-state index in [4.69, 9.17) is 0 Å².